The van der Waals surface area contributed by atoms with E-state index in [-0.39, 0.29) is 34.7 Å². The Morgan fingerprint density at radius 3 is 2.70 bits per heavy atom. The van der Waals surface area contributed by atoms with Crippen molar-refractivity contribution in [3.63, 3.8) is 0 Å². The molecule has 224 valence electrons. The number of hydrogen-bond donors (Lipinski definition) is 2. The van der Waals surface area contributed by atoms with Gasteiger partial charge in [0.1, 0.15) is 17.4 Å². The number of hydrogen-bond acceptors (Lipinski definition) is 7. The normalized spacial score (nSPS) is 12.1. The van der Waals surface area contributed by atoms with Gasteiger partial charge in [-0.3, -0.25) is 14.3 Å². The maximum absolute atomic E-state index is 15.4. The van der Waals surface area contributed by atoms with Crippen LogP contribution in [0, 0.1) is 12.7 Å². The largest absolute Gasteiger partial charge is 0.508 e. The number of carbonyl (C=O) groups is 1. The highest BCUT2D eigenvalue weighted by atomic mass is 35.5. The lowest BCUT2D eigenvalue weighted by molar-refractivity contribution is -0.124. The maximum Gasteiger partial charge on any atom is 0.354 e. The first-order chi connectivity index (χ1) is 20.5. The number of nitrogens with zero attached hydrogens (tertiary/aromatic N) is 5. The van der Waals surface area contributed by atoms with Gasteiger partial charge in [-0.05, 0) is 55.7 Å². The van der Waals surface area contributed by atoms with Gasteiger partial charge in [-0.15, -0.1) is 0 Å². The number of rotatable bonds is 8. The van der Waals surface area contributed by atoms with Crippen LogP contribution in [0.5, 0.6) is 5.75 Å². The summed E-state index contributed by atoms with van der Waals surface area (Å²) >= 11 is 6.93. The van der Waals surface area contributed by atoms with Crippen molar-refractivity contribution in [3.05, 3.63) is 81.3 Å². The Bertz CT molecular complexity index is 1840. The first kappa shape index (κ1) is 30.0. The molecule has 11 heteroatoms. The fraction of sp³-hybridized carbons (Fsp3) is 0.312. The third-order valence-electron chi connectivity index (χ3n) is 7.90. The van der Waals surface area contributed by atoms with Crippen LogP contribution in [0.25, 0.3) is 27.7 Å². The molecule has 43 heavy (non-hydrogen) atoms. The fourth-order valence-electron chi connectivity index (χ4n) is 5.67. The zero-order valence-electron chi connectivity index (χ0n) is 24.8. The lowest BCUT2D eigenvalue weighted by Crippen LogP contribution is -2.37. The summed E-state index contributed by atoms with van der Waals surface area (Å²) in [7, 11) is 1.68. The van der Waals surface area contributed by atoms with Gasteiger partial charge in [0, 0.05) is 61.5 Å². The number of aryl methyl sites for hydroxylation is 1. The Hall–Kier alpha value is -4.44. The zero-order valence-corrected chi connectivity index (χ0v) is 25.6. The van der Waals surface area contributed by atoms with Crippen LogP contribution in [-0.4, -0.2) is 57.1 Å². The topological polar surface area (TPSA) is 104 Å². The average Bonchev–Trinajstić information content (AvgIpc) is 2.98. The highest BCUT2D eigenvalue weighted by Gasteiger charge is 2.31. The van der Waals surface area contributed by atoms with E-state index in [2.05, 4.69) is 21.9 Å². The van der Waals surface area contributed by atoms with Gasteiger partial charge in [0.15, 0.2) is 0 Å². The second-order valence-corrected chi connectivity index (χ2v) is 11.3. The molecule has 0 spiro atoms. The van der Waals surface area contributed by atoms with E-state index in [9.17, 15) is 14.7 Å². The molecule has 2 aromatic carbocycles. The van der Waals surface area contributed by atoms with Crippen molar-refractivity contribution in [2.24, 2.45) is 0 Å². The zero-order chi connectivity index (χ0) is 31.2. The molecule has 4 aromatic rings. The van der Waals surface area contributed by atoms with Gasteiger partial charge in [-0.2, -0.15) is 4.98 Å². The van der Waals surface area contributed by atoms with Gasteiger partial charge in [0.2, 0.25) is 5.91 Å². The van der Waals surface area contributed by atoms with E-state index in [1.165, 1.54) is 27.7 Å². The molecule has 0 aliphatic carbocycles. The van der Waals surface area contributed by atoms with Crippen LogP contribution in [0.4, 0.5) is 15.9 Å². The van der Waals surface area contributed by atoms with E-state index in [4.69, 9.17) is 11.6 Å². The lowest BCUT2D eigenvalue weighted by Gasteiger charge is -2.30. The monoisotopic (exact) mass is 604 g/mol. The van der Waals surface area contributed by atoms with Crippen molar-refractivity contribution in [1.29, 1.82) is 0 Å². The summed E-state index contributed by atoms with van der Waals surface area (Å²) in [6, 6.07) is 6.04. The van der Waals surface area contributed by atoms with Crippen LogP contribution >= 0.6 is 11.6 Å². The second-order valence-electron chi connectivity index (χ2n) is 10.9. The van der Waals surface area contributed by atoms with Crippen molar-refractivity contribution >= 4 is 39.9 Å². The molecule has 0 saturated heterocycles. The molecule has 0 saturated carbocycles. The highest BCUT2D eigenvalue weighted by molar-refractivity contribution is 6.36. The molecule has 0 atom stereocenters. The molecular formula is C32H34ClFN6O3. The van der Waals surface area contributed by atoms with Gasteiger partial charge in [-0.25, -0.2) is 9.18 Å². The van der Waals surface area contributed by atoms with Crippen LogP contribution < -0.4 is 15.9 Å². The Kier molecular flexibility index (Phi) is 8.16. The third kappa shape index (κ3) is 5.09. The number of amides is 1. The Labute approximate surface area is 254 Å². The first-order valence-electron chi connectivity index (χ1n) is 14.1. The molecule has 1 amide bonds. The number of aromatic nitrogens is 3. The van der Waals surface area contributed by atoms with E-state index >= 15 is 4.39 Å². The summed E-state index contributed by atoms with van der Waals surface area (Å²) in [6.07, 6.45) is 2.96. The molecule has 1 aliphatic heterocycles. The number of pyridine rings is 1. The molecular weight excluding hydrogens is 571 g/mol. The molecule has 0 radical (unpaired) electrons. The van der Waals surface area contributed by atoms with Gasteiger partial charge >= 0.3 is 5.69 Å². The SMILES string of the molecule is C=CC(=O)N(C)CCN(CC)c1nc(=O)n(-c2c(C)ccnc2C(C)C)c2c3c(c(Cl)cc12)-c1c(F)ccc(O)c1CN3. The Balaban J connectivity index is 1.89. The number of benzene rings is 2. The van der Waals surface area contributed by atoms with Crippen molar-refractivity contribution in [2.75, 3.05) is 36.9 Å². The maximum atomic E-state index is 15.4. The van der Waals surface area contributed by atoms with E-state index in [1.54, 1.807) is 19.3 Å². The predicted molar refractivity (Wildman–Crippen MR) is 169 cm³/mol. The van der Waals surface area contributed by atoms with Crippen molar-refractivity contribution in [2.45, 2.75) is 40.2 Å². The summed E-state index contributed by atoms with van der Waals surface area (Å²) < 4.78 is 17.0. The van der Waals surface area contributed by atoms with E-state index in [0.29, 0.717) is 64.6 Å². The summed E-state index contributed by atoms with van der Waals surface area (Å²) in [6.45, 7) is 12.7. The molecule has 0 fully saturated rings. The molecule has 2 aromatic heterocycles. The summed E-state index contributed by atoms with van der Waals surface area (Å²) in [5, 5.41) is 14.7. The first-order valence-corrected chi connectivity index (χ1v) is 14.5. The van der Waals surface area contributed by atoms with Crippen molar-refractivity contribution < 1.29 is 14.3 Å². The van der Waals surface area contributed by atoms with E-state index in [0.717, 1.165) is 5.56 Å². The predicted octanol–water partition coefficient (Wildman–Crippen LogP) is 5.77. The summed E-state index contributed by atoms with van der Waals surface area (Å²) in [5.41, 5.74) is 3.41. The highest BCUT2D eigenvalue weighted by Crippen LogP contribution is 2.49. The van der Waals surface area contributed by atoms with Crippen molar-refractivity contribution in [3.8, 4) is 22.6 Å². The number of fused-ring (bicyclic) bond motifs is 5. The molecule has 1 aliphatic rings. The van der Waals surface area contributed by atoms with E-state index in [1.807, 2.05) is 38.7 Å². The molecule has 9 nitrogen and oxygen atoms in total. The lowest BCUT2D eigenvalue weighted by atomic mass is 9.91. The number of halogens is 2. The summed E-state index contributed by atoms with van der Waals surface area (Å²) in [5.74, 6) is -0.445. The number of carbonyl (C=O) groups excluding carboxylic acids is 1. The minimum atomic E-state index is -0.539. The van der Waals surface area contributed by atoms with Crippen molar-refractivity contribution in [1.82, 2.24) is 19.4 Å². The van der Waals surface area contributed by atoms with Crippen LogP contribution in [-0.2, 0) is 11.3 Å². The smallest absolute Gasteiger partial charge is 0.354 e. The van der Waals surface area contributed by atoms with Gasteiger partial charge in [0.25, 0.3) is 0 Å². The molecule has 5 rings (SSSR count). The van der Waals surface area contributed by atoms with Gasteiger partial charge < -0.3 is 20.2 Å². The van der Waals surface area contributed by atoms with E-state index < -0.39 is 11.5 Å². The molecule has 0 unspecified atom stereocenters. The second kappa shape index (κ2) is 11.7. The standard InChI is InChI=1S/C32H34ClFN6O3/c1-7-24(42)38(6)13-14-39(8-2)31-19-15-21(33)26-25-20(23(41)10-9-22(25)34)16-36-28(26)30(19)40(32(43)37-31)29-18(5)11-12-35-27(29)17(3)4/h7,9-12,15,17,36,41H,1,8,13-14,16H2,2-6H3. The number of phenolic OH excluding ortho intramolecular Hbond substituents is 1. The third-order valence-corrected chi connectivity index (χ3v) is 8.20. The average molecular weight is 605 g/mol. The Morgan fingerprint density at radius 2 is 2.02 bits per heavy atom. The number of aromatic hydroxyl groups is 1. The minimum absolute atomic E-state index is 0.0206. The minimum Gasteiger partial charge on any atom is -0.508 e. The van der Waals surface area contributed by atoms with Gasteiger partial charge in [-0.1, -0.05) is 32.0 Å². The van der Waals surface area contributed by atoms with Crippen LogP contribution in [0.15, 0.2) is 47.9 Å². The number of phenols is 1. The van der Waals surface area contributed by atoms with Crippen LogP contribution in [0.3, 0.4) is 0 Å². The van der Waals surface area contributed by atoms with Crippen LogP contribution in [0.2, 0.25) is 5.02 Å². The van der Waals surface area contributed by atoms with Crippen LogP contribution in [0.1, 0.15) is 43.5 Å². The summed E-state index contributed by atoms with van der Waals surface area (Å²) in [4.78, 5) is 39.0. The van der Waals surface area contributed by atoms with Gasteiger partial charge in [0.05, 0.1) is 27.6 Å². The fourth-order valence-corrected chi connectivity index (χ4v) is 5.97. The quantitative estimate of drug-likeness (QED) is 0.246. The molecule has 2 N–H and O–H groups in total. The number of nitrogens with one attached hydrogen (secondary N) is 1. The molecule has 0 bridgehead atoms. The number of likely N-dealkylation sites (N-methyl/N-ethyl adjacent to an activating group) is 2. The Morgan fingerprint density at radius 1 is 1.28 bits per heavy atom. The molecule has 3 heterocycles. The number of anilines is 2.